The van der Waals surface area contributed by atoms with Crippen molar-refractivity contribution in [1.82, 2.24) is 0 Å². The molecule has 1 N–H and O–H groups in total. The molecule has 0 aliphatic carbocycles. The highest BCUT2D eigenvalue weighted by molar-refractivity contribution is 5.97. The van der Waals surface area contributed by atoms with Crippen molar-refractivity contribution in [3.8, 4) is 5.75 Å². The zero-order chi connectivity index (χ0) is 17.1. The number of aliphatic carboxylic acids is 1. The van der Waals surface area contributed by atoms with Crippen molar-refractivity contribution in [3.05, 3.63) is 59.7 Å². The average molecular weight is 327 g/mol. The summed E-state index contributed by atoms with van der Waals surface area (Å²) in [4.78, 5) is 25.3. The van der Waals surface area contributed by atoms with Gasteiger partial charge in [0.25, 0.3) is 0 Å². The number of carbonyl (C=O) groups excluding carboxylic acids is 1. The van der Waals surface area contributed by atoms with E-state index in [2.05, 4.69) is 0 Å². The summed E-state index contributed by atoms with van der Waals surface area (Å²) < 4.78 is 10.6. The van der Waals surface area contributed by atoms with Gasteiger partial charge in [-0.05, 0) is 17.2 Å². The molecule has 2 aromatic rings. The quantitative estimate of drug-likeness (QED) is 0.934. The van der Waals surface area contributed by atoms with Crippen LogP contribution in [0, 0.1) is 0 Å². The van der Waals surface area contributed by atoms with E-state index < -0.39 is 18.0 Å². The van der Waals surface area contributed by atoms with Crippen LogP contribution in [0.4, 0.5) is 10.5 Å². The van der Waals surface area contributed by atoms with Gasteiger partial charge in [-0.1, -0.05) is 42.5 Å². The fourth-order valence-corrected chi connectivity index (χ4v) is 2.82. The molecule has 0 saturated heterocycles. The number of ether oxygens (including phenoxy) is 2. The fraction of sp³-hybridized carbons (Fsp3) is 0.222. The van der Waals surface area contributed by atoms with Gasteiger partial charge < -0.3 is 14.6 Å². The van der Waals surface area contributed by atoms with Crippen LogP contribution in [0.2, 0.25) is 0 Å². The van der Waals surface area contributed by atoms with Gasteiger partial charge in [-0.3, -0.25) is 9.69 Å². The Balaban J connectivity index is 1.84. The Morgan fingerprint density at radius 1 is 1.17 bits per heavy atom. The van der Waals surface area contributed by atoms with Crippen molar-refractivity contribution in [2.45, 2.75) is 12.5 Å². The molecule has 6 heteroatoms. The first kappa shape index (κ1) is 15.9. The van der Waals surface area contributed by atoms with Gasteiger partial charge in [-0.15, -0.1) is 0 Å². The lowest BCUT2D eigenvalue weighted by Gasteiger charge is -2.19. The number of hydrogen-bond acceptors (Lipinski definition) is 4. The van der Waals surface area contributed by atoms with Crippen molar-refractivity contribution in [2.24, 2.45) is 0 Å². The zero-order valence-electron chi connectivity index (χ0n) is 13.1. The monoisotopic (exact) mass is 327 g/mol. The number of carboxylic acid groups (broad SMARTS) is 1. The van der Waals surface area contributed by atoms with E-state index in [1.165, 1.54) is 12.0 Å². The number of amides is 1. The second-order valence-corrected chi connectivity index (χ2v) is 5.44. The Hall–Kier alpha value is -3.02. The second-order valence-electron chi connectivity index (χ2n) is 5.44. The first-order valence-corrected chi connectivity index (χ1v) is 7.49. The molecule has 24 heavy (non-hydrogen) atoms. The summed E-state index contributed by atoms with van der Waals surface area (Å²) in [6.45, 7) is 0.150. The van der Waals surface area contributed by atoms with Gasteiger partial charge in [0, 0.05) is 6.54 Å². The number of carbonyl (C=O) groups is 2. The van der Waals surface area contributed by atoms with Crippen LogP contribution in [0.25, 0.3) is 0 Å². The summed E-state index contributed by atoms with van der Waals surface area (Å²) in [7, 11) is 1.48. The lowest BCUT2D eigenvalue weighted by atomic mass is 10.0. The van der Waals surface area contributed by atoms with E-state index in [0.29, 0.717) is 17.0 Å². The first-order chi connectivity index (χ1) is 11.6. The molecular weight excluding hydrogens is 310 g/mol. The Bertz CT molecular complexity index is 759. The smallest absolute Gasteiger partial charge is 0.414 e. The van der Waals surface area contributed by atoms with Crippen LogP contribution < -0.4 is 9.64 Å². The van der Waals surface area contributed by atoms with E-state index >= 15 is 0 Å². The van der Waals surface area contributed by atoms with Crippen LogP contribution in [0.3, 0.4) is 0 Å². The standard InChI is InChI=1S/C18H17NO5/c1-23-15-9-5-8-13-14(17(20)21)10-19(16(13)15)18(22)24-11-12-6-3-2-4-7-12/h2-9,14H,10-11H2,1H3,(H,20,21). The number of hydrogen-bond donors (Lipinski definition) is 1. The van der Waals surface area contributed by atoms with Crippen molar-refractivity contribution in [2.75, 3.05) is 18.6 Å². The van der Waals surface area contributed by atoms with Gasteiger partial charge >= 0.3 is 12.1 Å². The molecule has 0 spiro atoms. The predicted octanol–water partition coefficient (Wildman–Crippen LogP) is 3.02. The van der Waals surface area contributed by atoms with Gasteiger partial charge in [0.15, 0.2) is 0 Å². The highest BCUT2D eigenvalue weighted by atomic mass is 16.6. The van der Waals surface area contributed by atoms with Crippen LogP contribution in [-0.4, -0.2) is 30.8 Å². The van der Waals surface area contributed by atoms with E-state index in [-0.39, 0.29) is 13.2 Å². The molecule has 0 aromatic heterocycles. The van der Waals surface area contributed by atoms with Crippen molar-refractivity contribution >= 4 is 17.7 Å². The van der Waals surface area contributed by atoms with Crippen LogP contribution >= 0.6 is 0 Å². The maximum atomic E-state index is 12.5. The molecule has 0 bridgehead atoms. The van der Waals surface area contributed by atoms with E-state index in [0.717, 1.165) is 5.56 Å². The van der Waals surface area contributed by atoms with Gasteiger partial charge in [-0.2, -0.15) is 0 Å². The molecule has 0 radical (unpaired) electrons. The minimum Gasteiger partial charge on any atom is -0.495 e. The van der Waals surface area contributed by atoms with Gasteiger partial charge in [0.05, 0.1) is 12.8 Å². The van der Waals surface area contributed by atoms with Crippen LogP contribution in [0.5, 0.6) is 5.75 Å². The Morgan fingerprint density at radius 2 is 1.92 bits per heavy atom. The summed E-state index contributed by atoms with van der Waals surface area (Å²) in [5.41, 5.74) is 1.88. The largest absolute Gasteiger partial charge is 0.495 e. The van der Waals surface area contributed by atoms with Crippen molar-refractivity contribution in [3.63, 3.8) is 0 Å². The molecule has 124 valence electrons. The van der Waals surface area contributed by atoms with Crippen LogP contribution in [0.15, 0.2) is 48.5 Å². The zero-order valence-corrected chi connectivity index (χ0v) is 13.1. The summed E-state index contributed by atoms with van der Waals surface area (Å²) in [5.74, 6) is -1.32. The molecule has 0 fully saturated rings. The third-order valence-electron chi connectivity index (χ3n) is 3.98. The molecule has 1 unspecified atom stereocenters. The number of nitrogens with zero attached hydrogens (tertiary/aromatic N) is 1. The number of methoxy groups -OCH3 is 1. The molecule has 1 atom stereocenters. The Labute approximate surface area is 139 Å². The fourth-order valence-electron chi connectivity index (χ4n) is 2.82. The number of rotatable bonds is 4. The minimum atomic E-state index is -0.983. The van der Waals surface area contributed by atoms with E-state index in [9.17, 15) is 14.7 Å². The van der Waals surface area contributed by atoms with Crippen LogP contribution in [-0.2, 0) is 16.1 Å². The molecule has 3 rings (SSSR count). The number of carboxylic acids is 1. The van der Waals surface area contributed by atoms with Gasteiger partial charge in [0.1, 0.15) is 18.3 Å². The SMILES string of the molecule is COc1cccc2c1N(C(=O)OCc1ccccc1)CC2C(=O)O. The molecule has 0 saturated carbocycles. The van der Waals surface area contributed by atoms with E-state index in [1.807, 2.05) is 30.3 Å². The minimum absolute atomic E-state index is 0.0265. The normalized spacial score (nSPS) is 15.7. The molecule has 1 amide bonds. The highest BCUT2D eigenvalue weighted by Crippen LogP contribution is 2.43. The lowest BCUT2D eigenvalue weighted by Crippen LogP contribution is -2.32. The topological polar surface area (TPSA) is 76.1 Å². The third kappa shape index (κ3) is 2.90. The number of para-hydroxylation sites is 1. The van der Waals surface area contributed by atoms with Crippen molar-refractivity contribution < 1.29 is 24.2 Å². The van der Waals surface area contributed by atoms with Crippen molar-refractivity contribution in [1.29, 1.82) is 0 Å². The summed E-state index contributed by atoms with van der Waals surface area (Å²) in [6.07, 6.45) is -0.589. The number of benzene rings is 2. The second kappa shape index (κ2) is 6.62. The molecule has 1 aliphatic heterocycles. The number of anilines is 1. The van der Waals surface area contributed by atoms with Gasteiger partial charge in [0.2, 0.25) is 0 Å². The summed E-state index contributed by atoms with van der Waals surface area (Å²) in [5, 5.41) is 9.41. The molecule has 1 aliphatic rings. The molecule has 2 aromatic carbocycles. The Morgan fingerprint density at radius 3 is 2.58 bits per heavy atom. The Kier molecular flexibility index (Phi) is 4.37. The van der Waals surface area contributed by atoms with Gasteiger partial charge in [-0.25, -0.2) is 4.79 Å². The maximum Gasteiger partial charge on any atom is 0.414 e. The summed E-state index contributed by atoms with van der Waals surface area (Å²) >= 11 is 0. The van der Waals surface area contributed by atoms with Crippen LogP contribution in [0.1, 0.15) is 17.0 Å². The average Bonchev–Trinajstić information content (AvgIpc) is 3.00. The number of fused-ring (bicyclic) bond motifs is 1. The van der Waals surface area contributed by atoms with E-state index in [4.69, 9.17) is 9.47 Å². The molecule has 6 nitrogen and oxygen atoms in total. The molecule has 1 heterocycles. The first-order valence-electron chi connectivity index (χ1n) is 7.49. The highest BCUT2D eigenvalue weighted by Gasteiger charge is 2.39. The maximum absolute atomic E-state index is 12.5. The molecular formula is C18H17NO5. The summed E-state index contributed by atoms with van der Waals surface area (Å²) in [6, 6.07) is 14.4. The van der Waals surface area contributed by atoms with E-state index in [1.54, 1.807) is 18.2 Å². The third-order valence-corrected chi connectivity index (χ3v) is 3.98. The lowest BCUT2D eigenvalue weighted by molar-refractivity contribution is -0.138. The predicted molar refractivity (Wildman–Crippen MR) is 87.3 cm³/mol.